The maximum Gasteiger partial charge on any atom is 0.331 e. The summed E-state index contributed by atoms with van der Waals surface area (Å²) in [7, 11) is 0. The van der Waals surface area contributed by atoms with Crippen molar-refractivity contribution in [1.29, 1.82) is 0 Å². The van der Waals surface area contributed by atoms with Gasteiger partial charge in [-0.15, -0.1) is 0 Å². The standard InChI is InChI=1S/C23H29N3O3/c1-17-21(18(2)26(24-17)20-11-7-6-8-12-20)13-14-22(27)29-19(3)23(28)25-15-9-4-5-10-16-25/h6-8,11-14,19H,4-5,9-10,15-16H2,1-3H3/b14-13+/t19-/m0/s1. The second-order valence-corrected chi connectivity index (χ2v) is 7.48. The Morgan fingerprint density at radius 1 is 1.07 bits per heavy atom. The SMILES string of the molecule is Cc1nn(-c2ccccc2)c(C)c1/C=C/C(=O)O[C@@H](C)C(=O)N1CCCCCC1. The molecule has 0 unspecified atom stereocenters. The van der Waals surface area contributed by atoms with Crippen LogP contribution < -0.4 is 0 Å². The number of para-hydroxylation sites is 1. The second-order valence-electron chi connectivity index (χ2n) is 7.48. The zero-order valence-corrected chi connectivity index (χ0v) is 17.4. The molecule has 0 saturated carbocycles. The highest BCUT2D eigenvalue weighted by atomic mass is 16.5. The Morgan fingerprint density at radius 3 is 2.38 bits per heavy atom. The minimum absolute atomic E-state index is 0.113. The van der Waals surface area contributed by atoms with E-state index in [0.717, 1.165) is 61.4 Å². The van der Waals surface area contributed by atoms with Crippen LogP contribution in [-0.2, 0) is 14.3 Å². The average molecular weight is 396 g/mol. The quantitative estimate of drug-likeness (QED) is 0.570. The Bertz CT molecular complexity index is 878. The van der Waals surface area contributed by atoms with E-state index >= 15 is 0 Å². The first kappa shape index (κ1) is 20.8. The molecule has 6 nitrogen and oxygen atoms in total. The van der Waals surface area contributed by atoms with Crippen molar-refractivity contribution in [3.8, 4) is 5.69 Å². The number of aromatic nitrogens is 2. The van der Waals surface area contributed by atoms with Crippen LogP contribution in [0.15, 0.2) is 36.4 Å². The molecular formula is C23H29N3O3. The molecule has 6 heteroatoms. The number of benzene rings is 1. The Balaban J connectivity index is 1.64. The molecule has 3 rings (SSSR count). The molecule has 1 saturated heterocycles. The molecule has 154 valence electrons. The summed E-state index contributed by atoms with van der Waals surface area (Å²) in [5.74, 6) is -0.634. The van der Waals surface area contributed by atoms with Crippen LogP contribution in [0.5, 0.6) is 0 Å². The average Bonchev–Trinajstić information content (AvgIpc) is 2.90. The highest BCUT2D eigenvalue weighted by molar-refractivity contribution is 5.90. The van der Waals surface area contributed by atoms with Crippen molar-refractivity contribution in [3.05, 3.63) is 53.4 Å². The Labute approximate surface area is 172 Å². The van der Waals surface area contributed by atoms with Gasteiger partial charge in [-0.25, -0.2) is 9.48 Å². The van der Waals surface area contributed by atoms with Crippen molar-refractivity contribution in [1.82, 2.24) is 14.7 Å². The number of ether oxygens (including phenoxy) is 1. The fourth-order valence-corrected chi connectivity index (χ4v) is 3.68. The minimum atomic E-state index is -0.778. The molecule has 1 aromatic heterocycles. The Hall–Kier alpha value is -2.89. The first-order chi connectivity index (χ1) is 14.0. The number of amides is 1. The summed E-state index contributed by atoms with van der Waals surface area (Å²) in [6, 6.07) is 9.84. The molecule has 1 fully saturated rings. The largest absolute Gasteiger partial charge is 0.449 e. The molecular weight excluding hydrogens is 366 g/mol. The van der Waals surface area contributed by atoms with E-state index in [0.29, 0.717) is 0 Å². The molecule has 2 aromatic rings. The molecule has 0 radical (unpaired) electrons. The normalized spacial score (nSPS) is 15.9. The van der Waals surface area contributed by atoms with Crippen LogP contribution in [0.25, 0.3) is 11.8 Å². The van der Waals surface area contributed by atoms with Crippen LogP contribution in [0.1, 0.15) is 49.6 Å². The van der Waals surface area contributed by atoms with Crippen molar-refractivity contribution in [2.75, 3.05) is 13.1 Å². The maximum absolute atomic E-state index is 12.5. The zero-order valence-electron chi connectivity index (χ0n) is 17.4. The van der Waals surface area contributed by atoms with Crippen molar-refractivity contribution in [2.24, 2.45) is 0 Å². The number of rotatable bonds is 5. The molecule has 1 amide bonds. The van der Waals surface area contributed by atoms with E-state index in [4.69, 9.17) is 4.74 Å². The lowest BCUT2D eigenvalue weighted by atomic mass is 10.2. The van der Waals surface area contributed by atoms with Crippen molar-refractivity contribution in [2.45, 2.75) is 52.6 Å². The number of aryl methyl sites for hydroxylation is 1. The van der Waals surface area contributed by atoms with E-state index in [1.165, 1.54) is 6.08 Å². The minimum Gasteiger partial charge on any atom is -0.449 e. The van der Waals surface area contributed by atoms with Crippen molar-refractivity contribution >= 4 is 18.0 Å². The molecule has 1 aliphatic heterocycles. The zero-order chi connectivity index (χ0) is 20.8. The van der Waals surface area contributed by atoms with E-state index in [1.807, 2.05) is 53.8 Å². The molecule has 1 atom stereocenters. The molecule has 0 N–H and O–H groups in total. The summed E-state index contributed by atoms with van der Waals surface area (Å²) >= 11 is 0. The third-order valence-electron chi connectivity index (χ3n) is 5.29. The number of likely N-dealkylation sites (tertiary alicyclic amines) is 1. The summed E-state index contributed by atoms with van der Waals surface area (Å²) < 4.78 is 7.21. The molecule has 2 heterocycles. The first-order valence-electron chi connectivity index (χ1n) is 10.3. The van der Waals surface area contributed by atoms with Gasteiger partial charge >= 0.3 is 5.97 Å². The van der Waals surface area contributed by atoms with Gasteiger partial charge in [0.25, 0.3) is 5.91 Å². The molecule has 29 heavy (non-hydrogen) atoms. The van der Waals surface area contributed by atoms with Crippen LogP contribution >= 0.6 is 0 Å². The topological polar surface area (TPSA) is 64.4 Å². The number of carbonyl (C=O) groups is 2. The highest BCUT2D eigenvalue weighted by Crippen LogP contribution is 2.19. The summed E-state index contributed by atoms with van der Waals surface area (Å²) in [4.78, 5) is 26.6. The predicted molar refractivity (Wildman–Crippen MR) is 113 cm³/mol. The van der Waals surface area contributed by atoms with Crippen LogP contribution in [0.3, 0.4) is 0 Å². The fourth-order valence-electron chi connectivity index (χ4n) is 3.68. The third-order valence-corrected chi connectivity index (χ3v) is 5.29. The van der Waals surface area contributed by atoms with E-state index in [1.54, 1.807) is 13.0 Å². The third kappa shape index (κ3) is 5.13. The van der Waals surface area contributed by atoms with Crippen LogP contribution in [0, 0.1) is 13.8 Å². The Morgan fingerprint density at radius 2 is 1.72 bits per heavy atom. The molecule has 0 aliphatic carbocycles. The van der Waals surface area contributed by atoms with Gasteiger partial charge in [0.15, 0.2) is 6.10 Å². The van der Waals surface area contributed by atoms with Gasteiger partial charge in [-0.1, -0.05) is 31.0 Å². The lowest BCUT2D eigenvalue weighted by Gasteiger charge is -2.23. The highest BCUT2D eigenvalue weighted by Gasteiger charge is 2.23. The van der Waals surface area contributed by atoms with Gasteiger partial charge < -0.3 is 9.64 Å². The molecule has 1 aliphatic rings. The van der Waals surface area contributed by atoms with E-state index < -0.39 is 12.1 Å². The van der Waals surface area contributed by atoms with Gasteiger partial charge in [0.1, 0.15) is 0 Å². The van der Waals surface area contributed by atoms with E-state index in [-0.39, 0.29) is 5.91 Å². The van der Waals surface area contributed by atoms with Crippen LogP contribution in [-0.4, -0.2) is 45.8 Å². The number of nitrogens with zero attached hydrogens (tertiary/aromatic N) is 3. The van der Waals surface area contributed by atoms with Crippen LogP contribution in [0.4, 0.5) is 0 Å². The first-order valence-corrected chi connectivity index (χ1v) is 10.3. The fraction of sp³-hybridized carbons (Fsp3) is 0.435. The van der Waals surface area contributed by atoms with Gasteiger partial charge in [-0.3, -0.25) is 4.79 Å². The van der Waals surface area contributed by atoms with Gasteiger partial charge in [-0.2, -0.15) is 5.10 Å². The van der Waals surface area contributed by atoms with Crippen molar-refractivity contribution in [3.63, 3.8) is 0 Å². The monoisotopic (exact) mass is 395 g/mol. The number of esters is 1. The smallest absolute Gasteiger partial charge is 0.331 e. The van der Waals surface area contributed by atoms with E-state index in [2.05, 4.69) is 5.10 Å². The number of hydrogen-bond acceptors (Lipinski definition) is 4. The predicted octanol–water partition coefficient (Wildman–Crippen LogP) is 3.84. The van der Waals surface area contributed by atoms with Gasteiger partial charge in [0, 0.05) is 30.4 Å². The maximum atomic E-state index is 12.5. The van der Waals surface area contributed by atoms with Gasteiger partial charge in [-0.05, 0) is 51.8 Å². The number of carbonyl (C=O) groups excluding carboxylic acids is 2. The van der Waals surface area contributed by atoms with Gasteiger partial charge in [0.2, 0.25) is 0 Å². The summed E-state index contributed by atoms with van der Waals surface area (Å²) in [6.45, 7) is 7.00. The Kier molecular flexibility index (Phi) is 6.86. The molecule has 0 spiro atoms. The van der Waals surface area contributed by atoms with Crippen LogP contribution in [0.2, 0.25) is 0 Å². The van der Waals surface area contributed by atoms with Gasteiger partial charge in [0.05, 0.1) is 11.4 Å². The van der Waals surface area contributed by atoms with Crippen molar-refractivity contribution < 1.29 is 14.3 Å². The summed E-state index contributed by atoms with van der Waals surface area (Å²) in [6.07, 6.45) is 6.62. The molecule has 1 aromatic carbocycles. The molecule has 0 bridgehead atoms. The summed E-state index contributed by atoms with van der Waals surface area (Å²) in [5, 5.41) is 4.57. The summed E-state index contributed by atoms with van der Waals surface area (Å²) in [5.41, 5.74) is 3.60. The number of hydrogen-bond donors (Lipinski definition) is 0. The lowest BCUT2D eigenvalue weighted by Crippen LogP contribution is -2.40. The lowest BCUT2D eigenvalue weighted by molar-refractivity contribution is -0.155. The van der Waals surface area contributed by atoms with E-state index in [9.17, 15) is 9.59 Å². The second kappa shape index (κ2) is 9.54.